The molecule has 0 spiro atoms. The molecule has 0 amide bonds. The van der Waals surface area contributed by atoms with E-state index in [1.165, 1.54) is 22.3 Å². The van der Waals surface area contributed by atoms with Crippen LogP contribution in [0.4, 0.5) is 0 Å². The van der Waals surface area contributed by atoms with E-state index in [0.717, 1.165) is 24.5 Å². The molecule has 0 radical (unpaired) electrons. The highest BCUT2D eigenvalue weighted by Crippen LogP contribution is 2.16. The molecule has 1 heterocycles. The highest BCUT2D eigenvalue weighted by atomic mass is 14.9. The zero-order valence-corrected chi connectivity index (χ0v) is 12.1. The Morgan fingerprint density at radius 2 is 1.58 bits per heavy atom. The molecule has 0 saturated carbocycles. The van der Waals surface area contributed by atoms with Gasteiger partial charge in [0, 0.05) is 25.5 Å². The average Bonchev–Trinajstić information content (AvgIpc) is 2.34. The number of aryl methyl sites for hydroxylation is 4. The maximum atomic E-state index is 4.34. The largest absolute Gasteiger partial charge is 0.307 e. The summed E-state index contributed by atoms with van der Waals surface area (Å²) in [5, 5.41) is 3.44. The van der Waals surface area contributed by atoms with Crippen molar-refractivity contribution in [1.82, 2.24) is 15.3 Å². The van der Waals surface area contributed by atoms with Crippen LogP contribution in [0, 0.1) is 27.7 Å². The van der Waals surface area contributed by atoms with Crippen LogP contribution in [0.1, 0.15) is 33.6 Å². The van der Waals surface area contributed by atoms with E-state index in [0.29, 0.717) is 0 Å². The van der Waals surface area contributed by atoms with Gasteiger partial charge in [-0.25, -0.2) is 0 Å². The molecule has 0 bridgehead atoms. The lowest BCUT2D eigenvalue weighted by atomic mass is 10.00. The monoisotopic (exact) mass is 255 g/mol. The van der Waals surface area contributed by atoms with E-state index in [2.05, 4.69) is 48.2 Å². The second-order valence-corrected chi connectivity index (χ2v) is 5.13. The molecule has 1 N–H and O–H groups in total. The molecule has 0 fully saturated rings. The minimum absolute atomic E-state index is 0.750. The van der Waals surface area contributed by atoms with Crippen LogP contribution >= 0.6 is 0 Å². The number of hydrogen-bond donors (Lipinski definition) is 1. The third-order valence-electron chi connectivity index (χ3n) is 3.28. The summed E-state index contributed by atoms with van der Waals surface area (Å²) in [5.41, 5.74) is 7.33. The molecular formula is C16H21N3. The van der Waals surface area contributed by atoms with Gasteiger partial charge < -0.3 is 5.32 Å². The van der Waals surface area contributed by atoms with E-state index in [9.17, 15) is 0 Å². The van der Waals surface area contributed by atoms with E-state index in [4.69, 9.17) is 0 Å². The van der Waals surface area contributed by atoms with Gasteiger partial charge in [-0.15, -0.1) is 0 Å². The lowest BCUT2D eigenvalue weighted by Gasteiger charge is -2.12. The molecule has 100 valence electrons. The molecule has 0 aliphatic rings. The van der Waals surface area contributed by atoms with Gasteiger partial charge in [0.1, 0.15) is 0 Å². The van der Waals surface area contributed by atoms with Gasteiger partial charge in [-0.1, -0.05) is 17.7 Å². The van der Waals surface area contributed by atoms with Crippen molar-refractivity contribution < 1.29 is 0 Å². The minimum Gasteiger partial charge on any atom is -0.307 e. The lowest BCUT2D eigenvalue weighted by Crippen LogP contribution is -2.15. The molecular weight excluding hydrogens is 234 g/mol. The normalized spacial score (nSPS) is 10.7. The number of nitrogens with zero attached hydrogens (tertiary/aromatic N) is 2. The van der Waals surface area contributed by atoms with Crippen LogP contribution < -0.4 is 5.32 Å². The Hall–Kier alpha value is -1.74. The first-order chi connectivity index (χ1) is 9.06. The van der Waals surface area contributed by atoms with E-state index < -0.39 is 0 Å². The molecule has 3 nitrogen and oxygen atoms in total. The summed E-state index contributed by atoms with van der Waals surface area (Å²) >= 11 is 0. The van der Waals surface area contributed by atoms with Crippen molar-refractivity contribution in [3.05, 3.63) is 58.2 Å². The fraction of sp³-hybridized carbons (Fsp3) is 0.375. The molecule has 1 aromatic carbocycles. The third-order valence-corrected chi connectivity index (χ3v) is 3.28. The van der Waals surface area contributed by atoms with Crippen LogP contribution in [0.25, 0.3) is 0 Å². The van der Waals surface area contributed by atoms with Crippen molar-refractivity contribution in [2.24, 2.45) is 0 Å². The number of benzene rings is 1. The number of aromatic nitrogens is 2. The zero-order chi connectivity index (χ0) is 13.8. The number of rotatable bonds is 4. The van der Waals surface area contributed by atoms with Gasteiger partial charge in [-0.3, -0.25) is 9.97 Å². The van der Waals surface area contributed by atoms with Crippen LogP contribution in [-0.4, -0.2) is 9.97 Å². The maximum absolute atomic E-state index is 4.34. The fourth-order valence-electron chi connectivity index (χ4n) is 2.31. The average molecular weight is 255 g/mol. The summed E-state index contributed by atoms with van der Waals surface area (Å²) in [6.07, 6.45) is 3.64. The molecule has 1 aromatic heterocycles. The third kappa shape index (κ3) is 3.61. The summed E-state index contributed by atoms with van der Waals surface area (Å²) in [5.74, 6) is 0. The summed E-state index contributed by atoms with van der Waals surface area (Å²) in [6, 6.07) is 4.46. The molecule has 2 aromatic rings. The number of hydrogen-bond acceptors (Lipinski definition) is 3. The molecule has 3 heteroatoms. The lowest BCUT2D eigenvalue weighted by molar-refractivity contribution is 0.671. The summed E-state index contributed by atoms with van der Waals surface area (Å²) in [7, 11) is 0. The molecule has 0 atom stereocenters. The van der Waals surface area contributed by atoms with E-state index >= 15 is 0 Å². The fourth-order valence-corrected chi connectivity index (χ4v) is 2.31. The SMILES string of the molecule is Cc1cc(C)c(CNCc2cnc(C)cn2)c(C)c1. The summed E-state index contributed by atoms with van der Waals surface area (Å²) in [6.45, 7) is 10.0. The molecule has 19 heavy (non-hydrogen) atoms. The van der Waals surface area contributed by atoms with Crippen molar-refractivity contribution in [1.29, 1.82) is 0 Å². The van der Waals surface area contributed by atoms with Crippen molar-refractivity contribution in [3.8, 4) is 0 Å². The first-order valence-electron chi connectivity index (χ1n) is 6.61. The van der Waals surface area contributed by atoms with Crippen molar-refractivity contribution in [2.75, 3.05) is 0 Å². The molecule has 0 aliphatic carbocycles. The Morgan fingerprint density at radius 1 is 0.895 bits per heavy atom. The van der Waals surface area contributed by atoms with Crippen molar-refractivity contribution >= 4 is 0 Å². The Morgan fingerprint density at radius 3 is 2.16 bits per heavy atom. The minimum atomic E-state index is 0.750. The first-order valence-corrected chi connectivity index (χ1v) is 6.61. The molecule has 2 rings (SSSR count). The van der Waals surface area contributed by atoms with Crippen LogP contribution in [0.5, 0.6) is 0 Å². The van der Waals surface area contributed by atoms with Gasteiger partial charge in [-0.2, -0.15) is 0 Å². The first kappa shape index (κ1) is 13.7. The molecule has 0 aliphatic heterocycles. The maximum Gasteiger partial charge on any atom is 0.0724 e. The van der Waals surface area contributed by atoms with Gasteiger partial charge in [0.15, 0.2) is 0 Å². The van der Waals surface area contributed by atoms with Gasteiger partial charge in [0.05, 0.1) is 11.4 Å². The topological polar surface area (TPSA) is 37.8 Å². The van der Waals surface area contributed by atoms with Gasteiger partial charge >= 0.3 is 0 Å². The van der Waals surface area contributed by atoms with Gasteiger partial charge in [-0.05, 0) is 44.4 Å². The highest BCUT2D eigenvalue weighted by Gasteiger charge is 2.03. The van der Waals surface area contributed by atoms with Gasteiger partial charge in [0.25, 0.3) is 0 Å². The predicted molar refractivity (Wildman–Crippen MR) is 78.0 cm³/mol. The zero-order valence-electron chi connectivity index (χ0n) is 12.1. The van der Waals surface area contributed by atoms with Crippen molar-refractivity contribution in [3.63, 3.8) is 0 Å². The predicted octanol–water partition coefficient (Wildman–Crippen LogP) is 3.00. The van der Waals surface area contributed by atoms with E-state index in [1.54, 1.807) is 6.20 Å². The summed E-state index contributed by atoms with van der Waals surface area (Å²) < 4.78 is 0. The Bertz CT molecular complexity index is 536. The Kier molecular flexibility index (Phi) is 4.27. The Labute approximate surface area is 115 Å². The van der Waals surface area contributed by atoms with Crippen LogP contribution in [0.2, 0.25) is 0 Å². The summed E-state index contributed by atoms with van der Waals surface area (Å²) in [4.78, 5) is 8.59. The molecule has 0 saturated heterocycles. The standard InChI is InChI=1S/C16H21N3/c1-11-5-12(2)16(13(3)6-11)10-17-8-15-9-18-14(4)7-19-15/h5-7,9,17H,8,10H2,1-4H3. The van der Waals surface area contributed by atoms with E-state index in [-0.39, 0.29) is 0 Å². The van der Waals surface area contributed by atoms with Crippen LogP contribution in [0.3, 0.4) is 0 Å². The van der Waals surface area contributed by atoms with Gasteiger partial charge in [0.2, 0.25) is 0 Å². The van der Waals surface area contributed by atoms with Crippen LogP contribution in [0.15, 0.2) is 24.5 Å². The second-order valence-electron chi connectivity index (χ2n) is 5.13. The quantitative estimate of drug-likeness (QED) is 0.912. The van der Waals surface area contributed by atoms with Crippen molar-refractivity contribution in [2.45, 2.75) is 40.8 Å². The highest BCUT2D eigenvalue weighted by molar-refractivity contribution is 5.37. The second kappa shape index (κ2) is 5.93. The van der Waals surface area contributed by atoms with Crippen LogP contribution in [-0.2, 0) is 13.1 Å². The Balaban J connectivity index is 1.98. The smallest absolute Gasteiger partial charge is 0.0724 e. The van der Waals surface area contributed by atoms with E-state index in [1.807, 2.05) is 13.1 Å². The number of nitrogens with one attached hydrogen (secondary N) is 1. The molecule has 0 unspecified atom stereocenters.